The van der Waals surface area contributed by atoms with Crippen molar-refractivity contribution < 1.29 is 19.4 Å². The van der Waals surface area contributed by atoms with E-state index < -0.39 is 11.9 Å². The Hall–Kier alpha value is -3.57. The molecule has 3 aromatic rings. The van der Waals surface area contributed by atoms with Crippen LogP contribution in [0.3, 0.4) is 0 Å². The van der Waals surface area contributed by atoms with E-state index in [1.54, 1.807) is 78.9 Å². The second kappa shape index (κ2) is 8.88. The highest BCUT2D eigenvalue weighted by atomic mass is 35.5. The van der Waals surface area contributed by atoms with Gasteiger partial charge in [-0.2, -0.15) is 0 Å². The molecule has 0 heterocycles. The summed E-state index contributed by atoms with van der Waals surface area (Å²) in [5, 5.41) is 12.4. The van der Waals surface area contributed by atoms with Crippen LogP contribution in [0.2, 0.25) is 5.02 Å². The van der Waals surface area contributed by atoms with Crippen LogP contribution in [0.15, 0.2) is 84.6 Å². The molecule has 0 saturated heterocycles. The van der Waals surface area contributed by atoms with Gasteiger partial charge in [0.05, 0.1) is 0 Å². The van der Waals surface area contributed by atoms with Crippen molar-refractivity contribution in [2.24, 2.45) is 0 Å². The van der Waals surface area contributed by atoms with Gasteiger partial charge in [0.1, 0.15) is 17.2 Å². The van der Waals surface area contributed by atoms with Gasteiger partial charge in [0.25, 0.3) is 5.91 Å². The predicted molar refractivity (Wildman–Crippen MR) is 107 cm³/mol. The lowest BCUT2D eigenvalue weighted by Gasteiger charge is -2.08. The number of halogens is 1. The Bertz CT molecular complexity index is 1010. The first-order chi connectivity index (χ1) is 13.5. The van der Waals surface area contributed by atoms with Crippen molar-refractivity contribution in [3.63, 3.8) is 0 Å². The molecule has 3 rings (SSSR count). The van der Waals surface area contributed by atoms with E-state index in [0.29, 0.717) is 27.6 Å². The minimum absolute atomic E-state index is 0.225. The van der Waals surface area contributed by atoms with Crippen molar-refractivity contribution in [3.8, 4) is 11.5 Å². The monoisotopic (exact) mass is 393 g/mol. The Morgan fingerprint density at radius 1 is 0.893 bits per heavy atom. The first-order valence-corrected chi connectivity index (χ1v) is 8.74. The first-order valence-electron chi connectivity index (χ1n) is 8.36. The SMILES string of the molecule is O=C(O)/C(=C\c1ccc(Oc2cccc(Cl)c2)cc1)NC(=O)c1ccccc1. The molecule has 0 fully saturated rings. The summed E-state index contributed by atoms with van der Waals surface area (Å²) in [4.78, 5) is 23.7. The van der Waals surface area contributed by atoms with Gasteiger partial charge >= 0.3 is 5.97 Å². The number of benzene rings is 3. The van der Waals surface area contributed by atoms with E-state index in [1.165, 1.54) is 6.08 Å². The number of carboxylic acid groups (broad SMARTS) is 1. The summed E-state index contributed by atoms with van der Waals surface area (Å²) in [6.45, 7) is 0. The number of nitrogens with one attached hydrogen (secondary N) is 1. The average Bonchev–Trinajstić information content (AvgIpc) is 2.69. The molecule has 28 heavy (non-hydrogen) atoms. The minimum atomic E-state index is -1.23. The molecular weight excluding hydrogens is 378 g/mol. The van der Waals surface area contributed by atoms with Crippen molar-refractivity contribution in [2.45, 2.75) is 0 Å². The van der Waals surface area contributed by atoms with E-state index in [0.717, 1.165) is 0 Å². The van der Waals surface area contributed by atoms with E-state index in [4.69, 9.17) is 16.3 Å². The molecule has 1 amide bonds. The molecule has 6 heteroatoms. The summed E-state index contributed by atoms with van der Waals surface area (Å²) in [5.41, 5.74) is 0.751. The van der Waals surface area contributed by atoms with Crippen LogP contribution in [-0.4, -0.2) is 17.0 Å². The third-order valence-electron chi connectivity index (χ3n) is 3.74. The van der Waals surface area contributed by atoms with Crippen LogP contribution in [0.25, 0.3) is 6.08 Å². The number of carbonyl (C=O) groups is 2. The molecule has 0 bridgehead atoms. The molecule has 140 valence electrons. The number of carboxylic acids is 1. The maximum Gasteiger partial charge on any atom is 0.352 e. The highest BCUT2D eigenvalue weighted by Crippen LogP contribution is 2.24. The van der Waals surface area contributed by atoms with Crippen molar-refractivity contribution >= 4 is 29.6 Å². The second-order valence-electron chi connectivity index (χ2n) is 5.81. The summed E-state index contributed by atoms with van der Waals surface area (Å²) in [7, 11) is 0. The van der Waals surface area contributed by atoms with Gasteiger partial charge in [-0.3, -0.25) is 4.79 Å². The van der Waals surface area contributed by atoms with Gasteiger partial charge in [-0.1, -0.05) is 48.0 Å². The van der Waals surface area contributed by atoms with E-state index in [1.807, 2.05) is 0 Å². The third-order valence-corrected chi connectivity index (χ3v) is 3.97. The predicted octanol–water partition coefficient (Wildman–Crippen LogP) is 4.99. The fourth-order valence-electron chi connectivity index (χ4n) is 2.40. The second-order valence-corrected chi connectivity index (χ2v) is 6.25. The van der Waals surface area contributed by atoms with Crippen LogP contribution >= 0.6 is 11.6 Å². The quantitative estimate of drug-likeness (QED) is 0.578. The van der Waals surface area contributed by atoms with Gasteiger partial charge in [-0.25, -0.2) is 4.79 Å². The Balaban J connectivity index is 1.74. The molecule has 2 N–H and O–H groups in total. The standard InChI is InChI=1S/C22H16ClNO4/c23-17-7-4-8-19(14-17)28-18-11-9-15(10-12-18)13-20(22(26)27)24-21(25)16-5-2-1-3-6-16/h1-14H,(H,24,25)(H,26,27)/b20-13+. The van der Waals surface area contributed by atoms with Gasteiger partial charge < -0.3 is 15.2 Å². The van der Waals surface area contributed by atoms with Gasteiger partial charge in [0.15, 0.2) is 0 Å². The minimum Gasteiger partial charge on any atom is -0.477 e. The molecule has 0 aliphatic carbocycles. The zero-order valence-corrected chi connectivity index (χ0v) is 15.4. The lowest BCUT2D eigenvalue weighted by molar-refractivity contribution is -0.132. The molecule has 3 aromatic carbocycles. The molecule has 0 spiro atoms. The van der Waals surface area contributed by atoms with Crippen LogP contribution in [0, 0.1) is 0 Å². The van der Waals surface area contributed by atoms with Gasteiger partial charge in [-0.05, 0) is 54.1 Å². The van der Waals surface area contributed by atoms with Gasteiger partial charge in [-0.15, -0.1) is 0 Å². The lowest BCUT2D eigenvalue weighted by atomic mass is 10.1. The summed E-state index contributed by atoms with van der Waals surface area (Å²) >= 11 is 5.93. The molecule has 0 radical (unpaired) electrons. The lowest BCUT2D eigenvalue weighted by Crippen LogP contribution is -2.27. The molecule has 0 unspecified atom stereocenters. The maximum atomic E-state index is 12.2. The molecule has 0 atom stereocenters. The summed E-state index contributed by atoms with van der Waals surface area (Å²) < 4.78 is 5.70. The number of hydrogen-bond donors (Lipinski definition) is 2. The molecule has 0 saturated carbocycles. The van der Waals surface area contributed by atoms with E-state index in [9.17, 15) is 14.7 Å². The summed E-state index contributed by atoms with van der Waals surface area (Å²) in [6.07, 6.45) is 1.38. The Labute approximate surface area is 166 Å². The fraction of sp³-hybridized carbons (Fsp3) is 0. The maximum absolute atomic E-state index is 12.2. The number of rotatable bonds is 6. The topological polar surface area (TPSA) is 75.6 Å². The van der Waals surface area contributed by atoms with Crippen molar-refractivity contribution in [2.75, 3.05) is 0 Å². The van der Waals surface area contributed by atoms with Crippen molar-refractivity contribution in [1.29, 1.82) is 0 Å². The largest absolute Gasteiger partial charge is 0.477 e. The number of amides is 1. The smallest absolute Gasteiger partial charge is 0.352 e. The average molecular weight is 394 g/mol. The zero-order chi connectivity index (χ0) is 19.9. The fourth-order valence-corrected chi connectivity index (χ4v) is 2.58. The zero-order valence-electron chi connectivity index (χ0n) is 14.6. The van der Waals surface area contributed by atoms with E-state index in [-0.39, 0.29) is 5.70 Å². The molecule has 0 aromatic heterocycles. The molecular formula is C22H16ClNO4. The van der Waals surface area contributed by atoms with Crippen LogP contribution in [-0.2, 0) is 4.79 Å². The van der Waals surface area contributed by atoms with Crippen LogP contribution in [0.4, 0.5) is 0 Å². The van der Waals surface area contributed by atoms with Crippen molar-refractivity contribution in [3.05, 3.63) is 101 Å². The van der Waals surface area contributed by atoms with Gasteiger partial charge in [0, 0.05) is 10.6 Å². The molecule has 5 nitrogen and oxygen atoms in total. The molecule has 0 aliphatic heterocycles. The van der Waals surface area contributed by atoms with E-state index >= 15 is 0 Å². The van der Waals surface area contributed by atoms with Crippen LogP contribution < -0.4 is 10.1 Å². The normalized spacial score (nSPS) is 11.0. The van der Waals surface area contributed by atoms with Crippen LogP contribution in [0.1, 0.15) is 15.9 Å². The Kier molecular flexibility index (Phi) is 6.09. The number of carbonyl (C=O) groups excluding carboxylic acids is 1. The Morgan fingerprint density at radius 2 is 1.61 bits per heavy atom. The van der Waals surface area contributed by atoms with Crippen LogP contribution in [0.5, 0.6) is 11.5 Å². The third kappa shape index (κ3) is 5.22. The molecule has 0 aliphatic rings. The number of ether oxygens (including phenoxy) is 1. The number of aliphatic carboxylic acids is 1. The summed E-state index contributed by atoms with van der Waals surface area (Å²) in [5.74, 6) is -0.555. The summed E-state index contributed by atoms with van der Waals surface area (Å²) in [6, 6.07) is 22.2. The van der Waals surface area contributed by atoms with Crippen molar-refractivity contribution in [1.82, 2.24) is 5.32 Å². The highest BCUT2D eigenvalue weighted by Gasteiger charge is 2.13. The highest BCUT2D eigenvalue weighted by molar-refractivity contribution is 6.30. The first kappa shape index (κ1) is 19.2. The van der Waals surface area contributed by atoms with E-state index in [2.05, 4.69) is 5.32 Å². The Morgan fingerprint density at radius 3 is 2.25 bits per heavy atom. The number of hydrogen-bond acceptors (Lipinski definition) is 3. The van der Waals surface area contributed by atoms with Gasteiger partial charge in [0.2, 0.25) is 0 Å².